The van der Waals surface area contributed by atoms with Crippen LogP contribution in [0.5, 0.6) is 5.75 Å². The van der Waals surface area contributed by atoms with Gasteiger partial charge in [0.05, 0.1) is 11.4 Å². The summed E-state index contributed by atoms with van der Waals surface area (Å²) in [5.41, 5.74) is 7.32. The molecule has 1 N–H and O–H groups in total. The molecule has 1 aromatic heterocycles. The Labute approximate surface area is 212 Å². The van der Waals surface area contributed by atoms with Crippen molar-refractivity contribution in [1.82, 2.24) is 9.78 Å². The molecule has 0 atom stereocenters. The minimum Gasteiger partial charge on any atom is -0.489 e. The van der Waals surface area contributed by atoms with Crippen molar-refractivity contribution >= 4 is 5.82 Å². The third-order valence-electron chi connectivity index (χ3n) is 6.87. The molecule has 0 bridgehead atoms. The van der Waals surface area contributed by atoms with Crippen molar-refractivity contribution in [3.05, 3.63) is 143 Å². The fraction of sp³-hybridized carbons (Fsp3) is 0.156. The Kier molecular flexibility index (Phi) is 6.24. The normalized spacial score (nSPS) is 12.4. The highest BCUT2D eigenvalue weighted by Crippen LogP contribution is 2.34. The molecule has 4 heteroatoms. The van der Waals surface area contributed by atoms with E-state index in [1.807, 2.05) is 30.3 Å². The van der Waals surface area contributed by atoms with Gasteiger partial charge in [0, 0.05) is 24.4 Å². The van der Waals surface area contributed by atoms with E-state index in [2.05, 4.69) is 94.9 Å². The van der Waals surface area contributed by atoms with E-state index in [0.717, 1.165) is 47.9 Å². The average molecular weight is 472 g/mol. The number of nitrogens with one attached hydrogen (secondary N) is 1. The first-order valence-corrected chi connectivity index (χ1v) is 12.6. The zero-order valence-corrected chi connectivity index (χ0v) is 20.2. The predicted molar refractivity (Wildman–Crippen MR) is 145 cm³/mol. The van der Waals surface area contributed by atoms with E-state index in [0.29, 0.717) is 6.61 Å². The Morgan fingerprint density at radius 3 is 2.00 bits per heavy atom. The molecule has 5 aromatic rings. The number of hydrogen-bond acceptors (Lipinski definition) is 3. The molecule has 178 valence electrons. The molecule has 4 nitrogen and oxygen atoms in total. The average Bonchev–Trinajstić information content (AvgIpc) is 3.56. The second-order valence-electron chi connectivity index (χ2n) is 9.21. The summed E-state index contributed by atoms with van der Waals surface area (Å²) in [5, 5.41) is 8.70. The number of rotatable bonds is 8. The van der Waals surface area contributed by atoms with Crippen molar-refractivity contribution in [1.29, 1.82) is 0 Å². The highest BCUT2D eigenvalue weighted by molar-refractivity contribution is 5.58. The first-order valence-electron chi connectivity index (χ1n) is 12.6. The van der Waals surface area contributed by atoms with Crippen molar-refractivity contribution in [3.8, 4) is 11.4 Å². The molecule has 0 saturated carbocycles. The van der Waals surface area contributed by atoms with Crippen molar-refractivity contribution in [2.75, 3.05) is 11.9 Å². The number of nitrogens with zero attached hydrogens (tertiary/aromatic N) is 2. The molecular weight excluding hydrogens is 442 g/mol. The Morgan fingerprint density at radius 2 is 1.36 bits per heavy atom. The fourth-order valence-corrected chi connectivity index (χ4v) is 5.01. The minimum absolute atomic E-state index is 0.259. The van der Waals surface area contributed by atoms with Crippen molar-refractivity contribution in [3.63, 3.8) is 0 Å². The van der Waals surface area contributed by atoms with Crippen LogP contribution in [0.4, 0.5) is 5.82 Å². The van der Waals surface area contributed by atoms with Crippen LogP contribution in [0, 0.1) is 0 Å². The van der Waals surface area contributed by atoms with Gasteiger partial charge in [-0.1, -0.05) is 91.0 Å². The standard InChI is InChI=1S/C32H29N3O/c1-4-10-24(11-5-1)23-36-28-18-16-27(17-19-28)35-32-29(20-21-33-32)31(34-35)22-30(25-12-6-2-7-13-25)26-14-8-3-9-15-26/h1-19,30,33H,20-23H2. The van der Waals surface area contributed by atoms with Crippen LogP contribution in [0.15, 0.2) is 115 Å². The fourth-order valence-electron chi connectivity index (χ4n) is 5.01. The van der Waals surface area contributed by atoms with Gasteiger partial charge in [-0.3, -0.25) is 0 Å². The number of anilines is 1. The second-order valence-corrected chi connectivity index (χ2v) is 9.21. The molecular formula is C32H29N3O. The molecule has 0 aliphatic carbocycles. The lowest BCUT2D eigenvalue weighted by Crippen LogP contribution is -2.09. The summed E-state index contributed by atoms with van der Waals surface area (Å²) < 4.78 is 8.05. The summed E-state index contributed by atoms with van der Waals surface area (Å²) in [5.74, 6) is 2.23. The maximum atomic E-state index is 5.99. The lowest BCUT2D eigenvalue weighted by molar-refractivity contribution is 0.306. The second kappa shape index (κ2) is 10.1. The van der Waals surface area contributed by atoms with Gasteiger partial charge in [0.25, 0.3) is 0 Å². The van der Waals surface area contributed by atoms with Crippen LogP contribution in [0.1, 0.15) is 33.9 Å². The first-order chi connectivity index (χ1) is 17.8. The molecule has 0 spiro atoms. The van der Waals surface area contributed by atoms with Crippen LogP contribution in [-0.4, -0.2) is 16.3 Å². The largest absolute Gasteiger partial charge is 0.489 e. The lowest BCUT2D eigenvalue weighted by atomic mass is 9.86. The number of fused-ring (bicyclic) bond motifs is 1. The Morgan fingerprint density at radius 1 is 0.750 bits per heavy atom. The van der Waals surface area contributed by atoms with E-state index in [-0.39, 0.29) is 5.92 Å². The van der Waals surface area contributed by atoms with E-state index < -0.39 is 0 Å². The van der Waals surface area contributed by atoms with Crippen molar-refractivity contribution in [2.45, 2.75) is 25.4 Å². The SMILES string of the molecule is c1ccc(COc2ccc(-n3nc(CC(c4ccccc4)c4ccccc4)c4c3NCC4)cc2)cc1. The van der Waals surface area contributed by atoms with Crippen LogP contribution in [0.3, 0.4) is 0 Å². The van der Waals surface area contributed by atoms with Crippen molar-refractivity contribution in [2.24, 2.45) is 0 Å². The summed E-state index contributed by atoms with van der Waals surface area (Å²) in [6.07, 6.45) is 1.86. The van der Waals surface area contributed by atoms with Crippen LogP contribution in [0.25, 0.3) is 5.69 Å². The van der Waals surface area contributed by atoms with Gasteiger partial charge in [-0.15, -0.1) is 0 Å². The highest BCUT2D eigenvalue weighted by Gasteiger charge is 2.26. The molecule has 0 saturated heterocycles. The molecule has 6 rings (SSSR count). The zero-order chi connectivity index (χ0) is 24.2. The van der Waals surface area contributed by atoms with E-state index in [9.17, 15) is 0 Å². The third-order valence-corrected chi connectivity index (χ3v) is 6.87. The van der Waals surface area contributed by atoms with Gasteiger partial charge in [-0.05, 0) is 47.4 Å². The number of benzene rings is 4. The molecule has 1 aliphatic heterocycles. The number of aromatic nitrogens is 2. The topological polar surface area (TPSA) is 39.1 Å². The van der Waals surface area contributed by atoms with E-state index >= 15 is 0 Å². The first kappa shape index (κ1) is 22.2. The monoisotopic (exact) mass is 471 g/mol. The van der Waals surface area contributed by atoms with E-state index in [1.54, 1.807) is 0 Å². The Bertz CT molecular complexity index is 1370. The summed E-state index contributed by atoms with van der Waals surface area (Å²) in [6.45, 7) is 1.50. The molecule has 36 heavy (non-hydrogen) atoms. The summed E-state index contributed by atoms with van der Waals surface area (Å²) in [7, 11) is 0. The maximum Gasteiger partial charge on any atom is 0.133 e. The highest BCUT2D eigenvalue weighted by atomic mass is 16.5. The Balaban J connectivity index is 1.27. The molecule has 2 heterocycles. The summed E-state index contributed by atoms with van der Waals surface area (Å²) in [6, 6.07) is 40.0. The zero-order valence-electron chi connectivity index (χ0n) is 20.2. The summed E-state index contributed by atoms with van der Waals surface area (Å²) >= 11 is 0. The van der Waals surface area contributed by atoms with Gasteiger partial charge < -0.3 is 10.1 Å². The van der Waals surface area contributed by atoms with Crippen molar-refractivity contribution < 1.29 is 4.74 Å². The van der Waals surface area contributed by atoms with Gasteiger partial charge in [-0.2, -0.15) is 5.10 Å². The molecule has 4 aromatic carbocycles. The number of hydrogen-bond donors (Lipinski definition) is 1. The summed E-state index contributed by atoms with van der Waals surface area (Å²) in [4.78, 5) is 0. The van der Waals surface area contributed by atoms with Crippen LogP contribution in [-0.2, 0) is 19.4 Å². The molecule has 0 radical (unpaired) electrons. The van der Waals surface area contributed by atoms with Crippen LogP contribution in [0.2, 0.25) is 0 Å². The van der Waals surface area contributed by atoms with Gasteiger partial charge in [0.1, 0.15) is 18.2 Å². The van der Waals surface area contributed by atoms with Gasteiger partial charge in [-0.25, -0.2) is 4.68 Å². The van der Waals surface area contributed by atoms with Gasteiger partial charge >= 0.3 is 0 Å². The van der Waals surface area contributed by atoms with Gasteiger partial charge in [0.15, 0.2) is 0 Å². The quantitative estimate of drug-likeness (QED) is 0.271. The molecule has 0 fully saturated rings. The van der Waals surface area contributed by atoms with E-state index in [4.69, 9.17) is 9.84 Å². The van der Waals surface area contributed by atoms with E-state index in [1.165, 1.54) is 16.7 Å². The molecule has 0 unspecified atom stereocenters. The number of ether oxygens (including phenoxy) is 1. The van der Waals surface area contributed by atoms with Crippen LogP contribution < -0.4 is 10.1 Å². The smallest absolute Gasteiger partial charge is 0.133 e. The third kappa shape index (κ3) is 4.63. The minimum atomic E-state index is 0.259. The van der Waals surface area contributed by atoms with Crippen LogP contribution >= 0.6 is 0 Å². The molecule has 0 amide bonds. The molecule has 1 aliphatic rings. The van der Waals surface area contributed by atoms with Gasteiger partial charge in [0.2, 0.25) is 0 Å². The maximum absolute atomic E-state index is 5.99. The Hall–Kier alpha value is -4.31. The lowest BCUT2D eigenvalue weighted by Gasteiger charge is -2.17. The predicted octanol–water partition coefficient (Wildman–Crippen LogP) is 6.79.